The van der Waals surface area contributed by atoms with Crippen molar-refractivity contribution in [3.05, 3.63) is 54.4 Å². The second-order valence-electron chi connectivity index (χ2n) is 7.16. The zero-order valence-corrected chi connectivity index (χ0v) is 18.1. The van der Waals surface area contributed by atoms with E-state index in [-0.39, 0.29) is 24.8 Å². The van der Waals surface area contributed by atoms with Crippen LogP contribution < -0.4 is 15.0 Å². The maximum atomic E-state index is 12.6. The number of methoxy groups -OCH3 is 1. The van der Waals surface area contributed by atoms with Crippen LogP contribution in [0.25, 0.3) is 11.4 Å². The van der Waals surface area contributed by atoms with Gasteiger partial charge >= 0.3 is 0 Å². The lowest BCUT2D eigenvalue weighted by Gasteiger charge is -2.17. The molecular formula is C22H23N5O3S. The molecule has 9 heteroatoms. The highest BCUT2D eigenvalue weighted by Gasteiger charge is 2.35. The van der Waals surface area contributed by atoms with Crippen LogP contribution in [0, 0.1) is 5.92 Å². The van der Waals surface area contributed by atoms with E-state index in [9.17, 15) is 9.59 Å². The fraction of sp³-hybridized carbons (Fsp3) is 0.273. The molecule has 0 saturated carbocycles. The van der Waals surface area contributed by atoms with Crippen molar-refractivity contribution in [2.45, 2.75) is 17.9 Å². The Morgan fingerprint density at radius 2 is 1.97 bits per heavy atom. The summed E-state index contributed by atoms with van der Waals surface area (Å²) in [6.07, 6.45) is 2.20. The molecule has 2 aromatic carbocycles. The topological polar surface area (TPSA) is 100 Å². The maximum Gasteiger partial charge on any atom is 0.227 e. The van der Waals surface area contributed by atoms with Gasteiger partial charge in [-0.3, -0.25) is 14.7 Å². The number of amides is 2. The van der Waals surface area contributed by atoms with Crippen molar-refractivity contribution in [3.8, 4) is 17.1 Å². The van der Waals surface area contributed by atoms with Gasteiger partial charge in [0.25, 0.3) is 0 Å². The molecule has 1 aromatic heterocycles. The molecule has 1 fully saturated rings. The highest BCUT2D eigenvalue weighted by atomic mass is 32.2. The molecular weight excluding hydrogens is 414 g/mol. The molecule has 1 aliphatic heterocycles. The molecule has 8 nitrogen and oxygen atoms in total. The van der Waals surface area contributed by atoms with Gasteiger partial charge in [-0.05, 0) is 54.8 Å². The van der Waals surface area contributed by atoms with Crippen LogP contribution in [-0.4, -0.2) is 46.9 Å². The van der Waals surface area contributed by atoms with Gasteiger partial charge in [-0.2, -0.15) is 5.10 Å². The van der Waals surface area contributed by atoms with Crippen molar-refractivity contribution in [1.82, 2.24) is 20.5 Å². The zero-order chi connectivity index (χ0) is 21.8. The second-order valence-corrected chi connectivity index (χ2v) is 8.04. The predicted octanol–water partition coefficient (Wildman–Crippen LogP) is 2.87. The van der Waals surface area contributed by atoms with E-state index in [0.29, 0.717) is 18.2 Å². The van der Waals surface area contributed by atoms with Gasteiger partial charge in [0.05, 0.1) is 19.6 Å². The van der Waals surface area contributed by atoms with Gasteiger partial charge in [-0.25, -0.2) is 4.98 Å². The van der Waals surface area contributed by atoms with Crippen LogP contribution in [0.15, 0.2) is 53.4 Å². The van der Waals surface area contributed by atoms with Crippen LogP contribution in [0.5, 0.6) is 5.75 Å². The SMILES string of the molecule is COc1ccc(-c2n[nH]c(CNC(=O)C3CC(=O)N(c4ccc(SC)cc4)C3)n2)cc1. The molecule has 160 valence electrons. The first-order valence-corrected chi connectivity index (χ1v) is 11.1. The van der Waals surface area contributed by atoms with Crippen LogP contribution in [0.1, 0.15) is 12.2 Å². The van der Waals surface area contributed by atoms with Gasteiger partial charge in [0.2, 0.25) is 11.8 Å². The molecule has 3 aromatic rings. The lowest BCUT2D eigenvalue weighted by Crippen LogP contribution is -2.32. The fourth-order valence-electron chi connectivity index (χ4n) is 3.45. The van der Waals surface area contributed by atoms with Gasteiger partial charge in [0, 0.05) is 29.1 Å². The number of nitrogens with one attached hydrogen (secondary N) is 2. The number of benzene rings is 2. The number of rotatable bonds is 7. The number of aromatic amines is 1. The van der Waals surface area contributed by atoms with E-state index in [1.165, 1.54) is 0 Å². The Morgan fingerprint density at radius 3 is 2.65 bits per heavy atom. The van der Waals surface area contributed by atoms with Crippen LogP contribution >= 0.6 is 11.8 Å². The third-order valence-electron chi connectivity index (χ3n) is 5.19. The number of anilines is 1. The molecule has 0 aliphatic carbocycles. The average Bonchev–Trinajstić information content (AvgIpc) is 3.44. The van der Waals surface area contributed by atoms with E-state index in [1.807, 2.05) is 54.8 Å². The van der Waals surface area contributed by atoms with Gasteiger partial charge < -0.3 is 15.0 Å². The highest BCUT2D eigenvalue weighted by molar-refractivity contribution is 7.98. The van der Waals surface area contributed by atoms with Crippen molar-refractivity contribution in [2.24, 2.45) is 5.92 Å². The Kier molecular flexibility index (Phi) is 6.22. The fourth-order valence-corrected chi connectivity index (χ4v) is 3.86. The van der Waals surface area contributed by atoms with E-state index in [1.54, 1.807) is 23.8 Å². The van der Waals surface area contributed by atoms with Gasteiger partial charge in [-0.15, -0.1) is 11.8 Å². The second kappa shape index (κ2) is 9.22. The molecule has 1 unspecified atom stereocenters. The minimum atomic E-state index is -0.392. The van der Waals surface area contributed by atoms with Crippen LogP contribution in [-0.2, 0) is 16.1 Å². The summed E-state index contributed by atoms with van der Waals surface area (Å²) in [6, 6.07) is 15.2. The summed E-state index contributed by atoms with van der Waals surface area (Å²) in [4.78, 5) is 32.3. The zero-order valence-electron chi connectivity index (χ0n) is 17.3. The molecule has 0 bridgehead atoms. The minimum absolute atomic E-state index is 0.0430. The smallest absolute Gasteiger partial charge is 0.227 e. The normalized spacial score (nSPS) is 15.9. The number of carbonyl (C=O) groups is 2. The summed E-state index contributed by atoms with van der Waals surface area (Å²) in [7, 11) is 1.61. The number of aromatic nitrogens is 3. The lowest BCUT2D eigenvalue weighted by atomic mass is 10.1. The number of ether oxygens (including phenoxy) is 1. The third-order valence-corrected chi connectivity index (χ3v) is 5.93. The number of H-pyrrole nitrogens is 1. The molecule has 2 N–H and O–H groups in total. The molecule has 2 heterocycles. The Balaban J connectivity index is 1.33. The third kappa shape index (κ3) is 4.72. The Labute approximate surface area is 184 Å². The van der Waals surface area contributed by atoms with Crippen molar-refractivity contribution >= 4 is 29.3 Å². The number of nitrogens with zero attached hydrogens (tertiary/aromatic N) is 3. The van der Waals surface area contributed by atoms with E-state index >= 15 is 0 Å². The number of thioether (sulfide) groups is 1. The minimum Gasteiger partial charge on any atom is -0.497 e. The number of carbonyl (C=O) groups excluding carboxylic acids is 2. The average molecular weight is 438 g/mol. The molecule has 0 spiro atoms. The van der Waals surface area contributed by atoms with Gasteiger partial charge in [0.1, 0.15) is 11.6 Å². The summed E-state index contributed by atoms with van der Waals surface area (Å²) >= 11 is 1.65. The molecule has 0 radical (unpaired) electrons. The Morgan fingerprint density at radius 1 is 1.23 bits per heavy atom. The Bertz CT molecular complexity index is 1070. The molecule has 1 aliphatic rings. The van der Waals surface area contributed by atoms with Crippen molar-refractivity contribution in [2.75, 3.05) is 24.8 Å². The highest BCUT2D eigenvalue weighted by Crippen LogP contribution is 2.27. The van der Waals surface area contributed by atoms with Crippen molar-refractivity contribution in [3.63, 3.8) is 0 Å². The first-order valence-electron chi connectivity index (χ1n) is 9.85. The van der Waals surface area contributed by atoms with E-state index in [4.69, 9.17) is 4.74 Å². The molecule has 1 saturated heterocycles. The van der Waals surface area contributed by atoms with Crippen LogP contribution in [0.3, 0.4) is 0 Å². The Hall–Kier alpha value is -3.33. The summed E-state index contributed by atoms with van der Waals surface area (Å²) < 4.78 is 5.15. The quantitative estimate of drug-likeness (QED) is 0.552. The van der Waals surface area contributed by atoms with Gasteiger partial charge in [0.15, 0.2) is 5.82 Å². The van der Waals surface area contributed by atoms with E-state index in [2.05, 4.69) is 20.5 Å². The molecule has 1 atom stereocenters. The molecule has 31 heavy (non-hydrogen) atoms. The standard InChI is InChI=1S/C22H23N5O3S/c1-30-17-7-3-14(4-8-17)21-24-19(25-26-21)12-23-22(29)15-11-20(28)27(13-15)16-5-9-18(31-2)10-6-16/h3-10,15H,11-13H2,1-2H3,(H,23,29)(H,24,25,26). The van der Waals surface area contributed by atoms with Crippen molar-refractivity contribution < 1.29 is 14.3 Å². The number of hydrogen-bond acceptors (Lipinski definition) is 6. The van der Waals surface area contributed by atoms with Crippen LogP contribution in [0.2, 0.25) is 0 Å². The lowest BCUT2D eigenvalue weighted by molar-refractivity contribution is -0.126. The van der Waals surface area contributed by atoms with Gasteiger partial charge in [-0.1, -0.05) is 0 Å². The largest absolute Gasteiger partial charge is 0.497 e. The number of hydrogen-bond donors (Lipinski definition) is 2. The maximum absolute atomic E-state index is 12.6. The summed E-state index contributed by atoms with van der Waals surface area (Å²) in [5.74, 6) is 1.25. The van der Waals surface area contributed by atoms with Crippen LogP contribution in [0.4, 0.5) is 5.69 Å². The predicted molar refractivity (Wildman–Crippen MR) is 119 cm³/mol. The van der Waals surface area contributed by atoms with Crippen molar-refractivity contribution in [1.29, 1.82) is 0 Å². The first-order chi connectivity index (χ1) is 15.1. The van der Waals surface area contributed by atoms with E-state index in [0.717, 1.165) is 21.9 Å². The molecule has 4 rings (SSSR count). The summed E-state index contributed by atoms with van der Waals surface area (Å²) in [5.41, 5.74) is 1.66. The summed E-state index contributed by atoms with van der Waals surface area (Å²) in [6.45, 7) is 0.589. The molecule has 2 amide bonds. The monoisotopic (exact) mass is 437 g/mol. The van der Waals surface area contributed by atoms with E-state index < -0.39 is 5.92 Å². The summed E-state index contributed by atoms with van der Waals surface area (Å²) in [5, 5.41) is 9.91. The first kappa shape index (κ1) is 20.9.